The number of furan rings is 1. The van der Waals surface area contributed by atoms with Crippen molar-refractivity contribution in [3.8, 4) is 5.69 Å². The first-order chi connectivity index (χ1) is 10.2. The Balaban J connectivity index is 1.72. The molecule has 2 aromatic heterocycles. The second-order valence-electron chi connectivity index (χ2n) is 4.88. The van der Waals surface area contributed by atoms with Gasteiger partial charge in [-0.3, -0.25) is 4.79 Å². The van der Waals surface area contributed by atoms with Crippen LogP contribution in [-0.4, -0.2) is 22.4 Å². The summed E-state index contributed by atoms with van der Waals surface area (Å²) >= 11 is 0. The van der Waals surface area contributed by atoms with Crippen LogP contribution >= 0.6 is 0 Å². The van der Waals surface area contributed by atoms with Gasteiger partial charge in [-0.2, -0.15) is 0 Å². The molecule has 0 aliphatic carbocycles. The Labute approximate surface area is 123 Å². The molecule has 0 N–H and O–H groups in total. The Morgan fingerprint density at radius 3 is 2.43 bits per heavy atom. The van der Waals surface area contributed by atoms with E-state index in [1.54, 1.807) is 18.2 Å². The van der Waals surface area contributed by atoms with E-state index >= 15 is 0 Å². The summed E-state index contributed by atoms with van der Waals surface area (Å²) in [4.78, 5) is 14.0. The van der Waals surface area contributed by atoms with Crippen LogP contribution in [0.15, 0.2) is 71.6 Å². The second-order valence-corrected chi connectivity index (χ2v) is 4.88. The van der Waals surface area contributed by atoms with Gasteiger partial charge in [0.1, 0.15) is 5.76 Å². The molecule has 1 aromatic carbocycles. The van der Waals surface area contributed by atoms with Gasteiger partial charge in [-0.25, -0.2) is 0 Å². The maximum absolute atomic E-state index is 12.3. The van der Waals surface area contributed by atoms with Crippen molar-refractivity contribution in [3.63, 3.8) is 0 Å². The van der Waals surface area contributed by atoms with Gasteiger partial charge in [-0.15, -0.1) is 0 Å². The number of carbonyl (C=O) groups is 1. The van der Waals surface area contributed by atoms with Gasteiger partial charge in [0.2, 0.25) is 0 Å². The quantitative estimate of drug-likeness (QED) is 0.735. The van der Waals surface area contributed by atoms with Crippen LogP contribution in [0.1, 0.15) is 16.1 Å². The molecule has 3 aromatic rings. The maximum atomic E-state index is 12.3. The van der Waals surface area contributed by atoms with Crippen LogP contribution in [0.25, 0.3) is 5.69 Å². The van der Waals surface area contributed by atoms with Crippen LogP contribution in [0.5, 0.6) is 0 Å². The molecule has 0 saturated carbocycles. The number of rotatable bonds is 4. The molecule has 0 unspecified atom stereocenters. The number of hydrogen-bond acceptors (Lipinski definition) is 2. The van der Waals surface area contributed by atoms with Gasteiger partial charge >= 0.3 is 0 Å². The Bertz CT molecular complexity index is 698. The van der Waals surface area contributed by atoms with Crippen molar-refractivity contribution in [1.29, 1.82) is 0 Å². The molecule has 106 valence electrons. The summed E-state index contributed by atoms with van der Waals surface area (Å²) in [5.74, 6) is 0.750. The van der Waals surface area contributed by atoms with Crippen molar-refractivity contribution in [2.45, 2.75) is 6.54 Å². The Morgan fingerprint density at radius 2 is 1.81 bits per heavy atom. The summed E-state index contributed by atoms with van der Waals surface area (Å²) in [6.45, 7) is 0.463. The molecule has 0 aliphatic rings. The minimum Gasteiger partial charge on any atom is -0.467 e. The predicted octanol–water partition coefficient (Wildman–Crippen LogP) is 3.34. The topological polar surface area (TPSA) is 38.4 Å². The summed E-state index contributed by atoms with van der Waals surface area (Å²) < 4.78 is 7.26. The van der Waals surface area contributed by atoms with Crippen LogP contribution in [0.4, 0.5) is 0 Å². The molecule has 0 atom stereocenters. The van der Waals surface area contributed by atoms with Crippen molar-refractivity contribution in [2.24, 2.45) is 0 Å². The summed E-state index contributed by atoms with van der Waals surface area (Å²) in [6.07, 6.45) is 5.55. The summed E-state index contributed by atoms with van der Waals surface area (Å²) in [5, 5.41) is 0. The normalized spacial score (nSPS) is 10.5. The molecule has 3 rings (SSSR count). The van der Waals surface area contributed by atoms with E-state index in [9.17, 15) is 4.79 Å². The average molecular weight is 280 g/mol. The van der Waals surface area contributed by atoms with Crippen molar-refractivity contribution < 1.29 is 9.21 Å². The highest BCUT2D eigenvalue weighted by molar-refractivity contribution is 5.94. The van der Waals surface area contributed by atoms with E-state index in [1.165, 1.54) is 0 Å². The van der Waals surface area contributed by atoms with Crippen LogP contribution < -0.4 is 0 Å². The van der Waals surface area contributed by atoms with E-state index in [0.717, 1.165) is 11.4 Å². The molecule has 1 amide bonds. The van der Waals surface area contributed by atoms with E-state index in [1.807, 2.05) is 65.5 Å². The lowest BCUT2D eigenvalue weighted by molar-refractivity contribution is 0.0775. The highest BCUT2D eigenvalue weighted by Gasteiger charge is 2.13. The highest BCUT2D eigenvalue weighted by atomic mass is 16.3. The third-order valence-corrected chi connectivity index (χ3v) is 3.34. The fraction of sp³-hybridized carbons (Fsp3) is 0.118. The van der Waals surface area contributed by atoms with Crippen LogP contribution in [0.3, 0.4) is 0 Å². The fourth-order valence-electron chi connectivity index (χ4n) is 2.21. The second kappa shape index (κ2) is 5.71. The van der Waals surface area contributed by atoms with Crippen molar-refractivity contribution in [2.75, 3.05) is 7.05 Å². The van der Waals surface area contributed by atoms with E-state index in [-0.39, 0.29) is 5.91 Å². The lowest BCUT2D eigenvalue weighted by Gasteiger charge is -2.16. The van der Waals surface area contributed by atoms with Gasteiger partial charge in [0.25, 0.3) is 5.91 Å². The maximum Gasteiger partial charge on any atom is 0.254 e. The zero-order chi connectivity index (χ0) is 14.7. The van der Waals surface area contributed by atoms with E-state index in [4.69, 9.17) is 4.42 Å². The smallest absolute Gasteiger partial charge is 0.254 e. The van der Waals surface area contributed by atoms with E-state index in [0.29, 0.717) is 12.1 Å². The zero-order valence-corrected chi connectivity index (χ0v) is 11.8. The molecule has 0 radical (unpaired) electrons. The standard InChI is InChI=1S/C17H16N2O2/c1-18(13-16-5-4-12-21-16)17(20)14-6-8-15(9-7-14)19-10-2-3-11-19/h2-12H,13H2,1H3. The Hall–Kier alpha value is -2.75. The van der Waals surface area contributed by atoms with E-state index in [2.05, 4.69) is 0 Å². The van der Waals surface area contributed by atoms with Gasteiger partial charge in [0.05, 0.1) is 12.8 Å². The number of nitrogens with zero attached hydrogens (tertiary/aromatic N) is 2. The molecular formula is C17H16N2O2. The molecule has 21 heavy (non-hydrogen) atoms. The number of amides is 1. The molecular weight excluding hydrogens is 264 g/mol. The first kappa shape index (κ1) is 13.2. The first-order valence-electron chi connectivity index (χ1n) is 6.75. The minimum atomic E-state index is -0.0227. The van der Waals surface area contributed by atoms with Gasteiger partial charge < -0.3 is 13.9 Å². The van der Waals surface area contributed by atoms with Crippen LogP contribution in [0.2, 0.25) is 0 Å². The van der Waals surface area contributed by atoms with Crippen molar-refractivity contribution in [1.82, 2.24) is 9.47 Å². The van der Waals surface area contributed by atoms with Gasteiger partial charge in [0.15, 0.2) is 0 Å². The molecule has 4 nitrogen and oxygen atoms in total. The predicted molar refractivity (Wildman–Crippen MR) is 80.3 cm³/mol. The lowest BCUT2D eigenvalue weighted by atomic mass is 10.2. The van der Waals surface area contributed by atoms with Crippen molar-refractivity contribution >= 4 is 5.91 Å². The summed E-state index contributed by atoms with van der Waals surface area (Å²) in [5.41, 5.74) is 1.70. The zero-order valence-electron chi connectivity index (χ0n) is 11.8. The number of benzene rings is 1. The lowest BCUT2D eigenvalue weighted by Crippen LogP contribution is -2.25. The molecule has 0 spiro atoms. The Morgan fingerprint density at radius 1 is 1.10 bits per heavy atom. The minimum absolute atomic E-state index is 0.0227. The van der Waals surface area contributed by atoms with Crippen LogP contribution in [-0.2, 0) is 6.54 Å². The molecule has 0 saturated heterocycles. The number of aromatic nitrogens is 1. The van der Waals surface area contributed by atoms with Gasteiger partial charge in [0, 0.05) is 30.7 Å². The third-order valence-electron chi connectivity index (χ3n) is 3.34. The van der Waals surface area contributed by atoms with Crippen LogP contribution in [0, 0.1) is 0 Å². The van der Waals surface area contributed by atoms with Crippen molar-refractivity contribution in [3.05, 3.63) is 78.5 Å². The van der Waals surface area contributed by atoms with Gasteiger partial charge in [-0.05, 0) is 48.5 Å². The third kappa shape index (κ3) is 2.89. The SMILES string of the molecule is CN(Cc1ccco1)C(=O)c1ccc(-n2cccc2)cc1. The Kier molecular flexibility index (Phi) is 3.60. The fourth-order valence-corrected chi connectivity index (χ4v) is 2.21. The molecule has 4 heteroatoms. The largest absolute Gasteiger partial charge is 0.467 e. The number of carbonyl (C=O) groups excluding carboxylic acids is 1. The summed E-state index contributed by atoms with van der Waals surface area (Å²) in [7, 11) is 1.77. The van der Waals surface area contributed by atoms with Gasteiger partial charge in [-0.1, -0.05) is 0 Å². The highest BCUT2D eigenvalue weighted by Crippen LogP contribution is 2.13. The molecule has 2 heterocycles. The summed E-state index contributed by atoms with van der Waals surface area (Å²) in [6, 6.07) is 15.2. The molecule has 0 bridgehead atoms. The molecule has 0 aliphatic heterocycles. The monoisotopic (exact) mass is 280 g/mol. The average Bonchev–Trinajstić information content (AvgIpc) is 3.20. The number of hydrogen-bond donors (Lipinski definition) is 0. The molecule has 0 fully saturated rings. The first-order valence-corrected chi connectivity index (χ1v) is 6.75. The van der Waals surface area contributed by atoms with E-state index < -0.39 is 0 Å².